The van der Waals surface area contributed by atoms with Crippen molar-refractivity contribution in [2.75, 3.05) is 19.6 Å². The Balaban J connectivity index is 2.50. The van der Waals surface area contributed by atoms with Crippen LogP contribution in [0.5, 0.6) is 0 Å². The van der Waals surface area contributed by atoms with E-state index in [0.717, 1.165) is 0 Å². The van der Waals surface area contributed by atoms with Crippen LogP contribution in [0.1, 0.15) is 13.8 Å². The minimum Gasteiger partial charge on any atom is -0.372 e. The van der Waals surface area contributed by atoms with Crippen LogP contribution in [-0.2, 0) is 9.53 Å². The minimum absolute atomic E-state index is 0.0468. The number of carbonyl (C=O) groups is 1. The highest BCUT2D eigenvalue weighted by Crippen LogP contribution is 2.10. The van der Waals surface area contributed by atoms with Crippen molar-refractivity contribution in [1.82, 2.24) is 4.90 Å². The third-order valence-electron chi connectivity index (χ3n) is 2.04. The summed E-state index contributed by atoms with van der Waals surface area (Å²) >= 11 is 0. The summed E-state index contributed by atoms with van der Waals surface area (Å²) in [7, 11) is 0. The molecular formula is C8H14N2O4. The van der Waals surface area contributed by atoms with Crippen LogP contribution in [0, 0.1) is 10.1 Å². The average molecular weight is 202 g/mol. The number of hydrogen-bond donors (Lipinski definition) is 0. The highest BCUT2D eigenvalue weighted by atomic mass is 16.6. The van der Waals surface area contributed by atoms with Gasteiger partial charge in [0.1, 0.15) is 0 Å². The molecule has 1 aliphatic rings. The molecule has 2 unspecified atom stereocenters. The fourth-order valence-corrected chi connectivity index (χ4v) is 1.59. The molecule has 0 radical (unpaired) electrons. The zero-order valence-corrected chi connectivity index (χ0v) is 8.30. The Morgan fingerprint density at radius 3 is 2.43 bits per heavy atom. The molecule has 0 aliphatic carbocycles. The van der Waals surface area contributed by atoms with Gasteiger partial charge in [-0.3, -0.25) is 14.9 Å². The molecule has 0 bridgehead atoms. The normalized spacial score (nSPS) is 27.4. The molecule has 0 aromatic heterocycles. The molecular weight excluding hydrogens is 188 g/mol. The second kappa shape index (κ2) is 4.36. The Bertz CT molecular complexity index is 233. The van der Waals surface area contributed by atoms with E-state index in [9.17, 15) is 14.9 Å². The summed E-state index contributed by atoms with van der Waals surface area (Å²) in [6.45, 7) is 3.96. The fraction of sp³-hybridized carbons (Fsp3) is 0.875. The number of nitrogens with zero attached hydrogens (tertiary/aromatic N) is 2. The lowest BCUT2D eigenvalue weighted by molar-refractivity contribution is -0.469. The van der Waals surface area contributed by atoms with Crippen LogP contribution in [0.25, 0.3) is 0 Å². The number of carbonyl (C=O) groups excluding carboxylic acids is 1. The first-order chi connectivity index (χ1) is 6.49. The van der Waals surface area contributed by atoms with Crippen molar-refractivity contribution in [3.63, 3.8) is 0 Å². The summed E-state index contributed by atoms with van der Waals surface area (Å²) in [5.41, 5.74) is 0. The summed E-state index contributed by atoms with van der Waals surface area (Å²) in [5.74, 6) is -0.433. The van der Waals surface area contributed by atoms with Gasteiger partial charge in [0, 0.05) is 18.0 Å². The van der Waals surface area contributed by atoms with E-state index in [1.54, 1.807) is 0 Å². The van der Waals surface area contributed by atoms with Gasteiger partial charge in [0.05, 0.1) is 12.2 Å². The second-order valence-electron chi connectivity index (χ2n) is 3.55. The van der Waals surface area contributed by atoms with Gasteiger partial charge in [0.15, 0.2) is 0 Å². The van der Waals surface area contributed by atoms with Crippen LogP contribution < -0.4 is 0 Å². The molecule has 6 heteroatoms. The molecule has 2 atom stereocenters. The highest BCUT2D eigenvalue weighted by Gasteiger charge is 2.27. The van der Waals surface area contributed by atoms with E-state index in [0.29, 0.717) is 13.1 Å². The zero-order valence-electron chi connectivity index (χ0n) is 8.30. The van der Waals surface area contributed by atoms with Crippen molar-refractivity contribution >= 4 is 5.91 Å². The van der Waals surface area contributed by atoms with Gasteiger partial charge in [-0.1, -0.05) is 0 Å². The topological polar surface area (TPSA) is 72.7 Å². The lowest BCUT2D eigenvalue weighted by Crippen LogP contribution is -2.49. The first-order valence-corrected chi connectivity index (χ1v) is 4.54. The van der Waals surface area contributed by atoms with Crippen LogP contribution >= 0.6 is 0 Å². The van der Waals surface area contributed by atoms with E-state index >= 15 is 0 Å². The monoisotopic (exact) mass is 202 g/mol. The molecule has 1 aliphatic heterocycles. The third-order valence-corrected chi connectivity index (χ3v) is 2.04. The molecule has 1 saturated heterocycles. The minimum atomic E-state index is -0.626. The predicted octanol–water partition coefficient (Wildman–Crippen LogP) is -0.101. The van der Waals surface area contributed by atoms with Crippen LogP contribution in [0.4, 0.5) is 0 Å². The van der Waals surface area contributed by atoms with E-state index in [4.69, 9.17) is 4.74 Å². The maximum Gasteiger partial charge on any atom is 0.294 e. The average Bonchev–Trinajstić information content (AvgIpc) is 2.00. The Kier molecular flexibility index (Phi) is 3.40. The number of ether oxygens (including phenoxy) is 1. The second-order valence-corrected chi connectivity index (χ2v) is 3.55. The van der Waals surface area contributed by atoms with E-state index in [-0.39, 0.29) is 12.2 Å². The van der Waals surface area contributed by atoms with Gasteiger partial charge in [-0.15, -0.1) is 0 Å². The van der Waals surface area contributed by atoms with Crippen molar-refractivity contribution in [1.29, 1.82) is 0 Å². The quantitative estimate of drug-likeness (QED) is 0.463. The van der Waals surface area contributed by atoms with Gasteiger partial charge in [-0.05, 0) is 13.8 Å². The first kappa shape index (κ1) is 10.9. The fourth-order valence-electron chi connectivity index (χ4n) is 1.59. The lowest BCUT2D eigenvalue weighted by Gasteiger charge is -2.34. The van der Waals surface area contributed by atoms with Crippen LogP contribution in [0.3, 0.4) is 0 Å². The molecule has 6 nitrogen and oxygen atoms in total. The largest absolute Gasteiger partial charge is 0.372 e. The predicted molar refractivity (Wildman–Crippen MR) is 48.5 cm³/mol. The summed E-state index contributed by atoms with van der Waals surface area (Å²) in [5, 5.41) is 10.1. The van der Waals surface area contributed by atoms with Crippen molar-refractivity contribution in [2.45, 2.75) is 26.1 Å². The molecule has 14 heavy (non-hydrogen) atoms. The first-order valence-electron chi connectivity index (χ1n) is 4.54. The van der Waals surface area contributed by atoms with Gasteiger partial charge in [0.2, 0.25) is 0 Å². The van der Waals surface area contributed by atoms with Gasteiger partial charge < -0.3 is 9.64 Å². The smallest absolute Gasteiger partial charge is 0.294 e. The van der Waals surface area contributed by atoms with Crippen LogP contribution in [0.15, 0.2) is 0 Å². The number of nitro groups is 1. The Morgan fingerprint density at radius 2 is 2.00 bits per heavy atom. The summed E-state index contributed by atoms with van der Waals surface area (Å²) in [6, 6.07) is 0. The number of hydrogen-bond acceptors (Lipinski definition) is 4. The molecule has 80 valence electrons. The summed E-state index contributed by atoms with van der Waals surface area (Å²) in [6.07, 6.45) is -0.0936. The molecule has 1 amide bonds. The molecule has 0 N–H and O–H groups in total. The van der Waals surface area contributed by atoms with Crippen LogP contribution in [0.2, 0.25) is 0 Å². The lowest BCUT2D eigenvalue weighted by atomic mass is 10.2. The highest BCUT2D eigenvalue weighted by molar-refractivity contribution is 5.77. The number of amides is 1. The molecule has 0 saturated carbocycles. The molecule has 1 fully saturated rings. The van der Waals surface area contributed by atoms with E-state index in [2.05, 4.69) is 0 Å². The molecule has 0 aromatic carbocycles. The zero-order chi connectivity index (χ0) is 10.7. The van der Waals surface area contributed by atoms with E-state index in [1.807, 2.05) is 13.8 Å². The molecule has 1 rings (SSSR count). The molecule has 0 aromatic rings. The summed E-state index contributed by atoms with van der Waals surface area (Å²) < 4.78 is 5.41. The number of rotatable bonds is 2. The van der Waals surface area contributed by atoms with Gasteiger partial charge >= 0.3 is 0 Å². The summed E-state index contributed by atoms with van der Waals surface area (Å²) in [4.78, 5) is 22.4. The SMILES string of the molecule is CC1CN(C(=O)C[N+](=O)[O-])CC(C)O1. The Hall–Kier alpha value is -1.17. The van der Waals surface area contributed by atoms with E-state index < -0.39 is 17.4 Å². The van der Waals surface area contributed by atoms with Crippen molar-refractivity contribution in [3.8, 4) is 0 Å². The van der Waals surface area contributed by atoms with Crippen molar-refractivity contribution in [3.05, 3.63) is 10.1 Å². The molecule has 1 heterocycles. The van der Waals surface area contributed by atoms with Crippen LogP contribution in [-0.4, -0.2) is 47.6 Å². The van der Waals surface area contributed by atoms with Gasteiger partial charge in [-0.25, -0.2) is 0 Å². The van der Waals surface area contributed by atoms with Crippen molar-refractivity contribution in [2.24, 2.45) is 0 Å². The molecule has 0 spiro atoms. The maximum absolute atomic E-state index is 11.3. The van der Waals surface area contributed by atoms with Crippen molar-refractivity contribution < 1.29 is 14.5 Å². The standard InChI is InChI=1S/C8H14N2O4/c1-6-3-9(4-7(2)14-6)8(11)5-10(12)13/h6-7H,3-5H2,1-2H3. The Morgan fingerprint density at radius 1 is 1.50 bits per heavy atom. The number of morpholine rings is 1. The third kappa shape index (κ3) is 2.95. The Labute approximate surface area is 82.0 Å². The van der Waals surface area contributed by atoms with E-state index in [1.165, 1.54) is 4.90 Å². The maximum atomic E-state index is 11.3. The van der Waals surface area contributed by atoms with Gasteiger partial charge in [-0.2, -0.15) is 0 Å². The van der Waals surface area contributed by atoms with Gasteiger partial charge in [0.25, 0.3) is 12.5 Å².